The van der Waals surface area contributed by atoms with Crippen LogP contribution in [0.1, 0.15) is 47.4 Å². The summed E-state index contributed by atoms with van der Waals surface area (Å²) in [7, 11) is 0. The highest BCUT2D eigenvalue weighted by atomic mass is 16.3. The second kappa shape index (κ2) is 5.52. The highest BCUT2D eigenvalue weighted by Crippen LogP contribution is 2.24. The molecule has 1 amide bonds. The molecule has 2 rings (SSSR count). The third-order valence-corrected chi connectivity index (χ3v) is 3.82. The molecule has 1 aliphatic rings. The molecular weight excluding hydrogens is 230 g/mol. The van der Waals surface area contributed by atoms with Crippen molar-refractivity contribution in [2.75, 3.05) is 6.61 Å². The van der Waals surface area contributed by atoms with E-state index in [9.17, 15) is 9.90 Å². The minimum atomic E-state index is -0.0795. The Hall–Kier alpha value is -1.36. The molecular formula is C13H21N3O2. The predicted octanol–water partition coefficient (Wildman–Crippen LogP) is 1.31. The first-order valence-corrected chi connectivity index (χ1v) is 6.56. The molecule has 5 nitrogen and oxygen atoms in total. The standard InChI is InChI=1S/C13H21N3O2/c1-8-12(9(2)16-15-8)13(18)14-11-6-4-3-5-10(11)7-17/h10-11,17H,3-7H2,1-2H3,(H,14,18)(H,15,16). The Balaban J connectivity index is 2.06. The van der Waals surface area contributed by atoms with E-state index in [1.165, 1.54) is 0 Å². The summed E-state index contributed by atoms with van der Waals surface area (Å²) in [6, 6.07) is 0.0879. The first-order valence-electron chi connectivity index (χ1n) is 6.56. The molecule has 0 radical (unpaired) electrons. The molecule has 1 aromatic rings. The van der Waals surface area contributed by atoms with Crippen LogP contribution >= 0.6 is 0 Å². The lowest BCUT2D eigenvalue weighted by atomic mass is 9.85. The first kappa shape index (κ1) is 13.1. The number of aromatic amines is 1. The number of carbonyl (C=O) groups excluding carboxylic acids is 1. The van der Waals surface area contributed by atoms with E-state index in [4.69, 9.17) is 0 Å². The van der Waals surface area contributed by atoms with Crippen molar-refractivity contribution in [3.05, 3.63) is 17.0 Å². The van der Waals surface area contributed by atoms with Crippen molar-refractivity contribution in [3.63, 3.8) is 0 Å². The van der Waals surface area contributed by atoms with Gasteiger partial charge in [0.15, 0.2) is 0 Å². The normalized spacial score (nSPS) is 23.9. The minimum absolute atomic E-state index is 0.0795. The van der Waals surface area contributed by atoms with E-state index in [0.29, 0.717) is 5.56 Å². The summed E-state index contributed by atoms with van der Waals surface area (Å²) in [5.74, 6) is 0.110. The number of aliphatic hydroxyl groups is 1. The number of aliphatic hydroxyl groups excluding tert-OH is 1. The van der Waals surface area contributed by atoms with Gasteiger partial charge in [-0.2, -0.15) is 5.10 Å². The molecule has 0 aromatic carbocycles. The highest BCUT2D eigenvalue weighted by molar-refractivity contribution is 5.96. The van der Waals surface area contributed by atoms with Crippen LogP contribution in [0.25, 0.3) is 0 Å². The Bertz CT molecular complexity index is 408. The summed E-state index contributed by atoms with van der Waals surface area (Å²) < 4.78 is 0. The Morgan fingerprint density at radius 1 is 1.44 bits per heavy atom. The van der Waals surface area contributed by atoms with E-state index < -0.39 is 0 Å². The van der Waals surface area contributed by atoms with Crippen LogP contribution in [0.15, 0.2) is 0 Å². The number of nitrogens with one attached hydrogen (secondary N) is 2. The number of nitrogens with zero attached hydrogens (tertiary/aromatic N) is 1. The van der Waals surface area contributed by atoms with Crippen LogP contribution in [-0.2, 0) is 0 Å². The van der Waals surface area contributed by atoms with Gasteiger partial charge in [0.25, 0.3) is 5.91 Å². The zero-order valence-corrected chi connectivity index (χ0v) is 11.0. The van der Waals surface area contributed by atoms with E-state index in [2.05, 4.69) is 15.5 Å². The van der Waals surface area contributed by atoms with Crippen molar-refractivity contribution in [2.45, 2.75) is 45.6 Å². The van der Waals surface area contributed by atoms with E-state index in [0.717, 1.165) is 37.1 Å². The van der Waals surface area contributed by atoms with Gasteiger partial charge < -0.3 is 10.4 Å². The van der Waals surface area contributed by atoms with Crippen molar-refractivity contribution in [3.8, 4) is 0 Å². The number of carbonyl (C=O) groups is 1. The van der Waals surface area contributed by atoms with Crippen LogP contribution in [0.5, 0.6) is 0 Å². The summed E-state index contributed by atoms with van der Waals surface area (Å²) in [6.07, 6.45) is 4.20. The maximum Gasteiger partial charge on any atom is 0.255 e. The number of rotatable bonds is 3. The minimum Gasteiger partial charge on any atom is -0.396 e. The maximum atomic E-state index is 12.2. The van der Waals surface area contributed by atoms with Crippen LogP contribution in [0.3, 0.4) is 0 Å². The molecule has 2 unspecified atom stereocenters. The monoisotopic (exact) mass is 251 g/mol. The van der Waals surface area contributed by atoms with Crippen molar-refractivity contribution in [1.29, 1.82) is 0 Å². The predicted molar refractivity (Wildman–Crippen MR) is 68.4 cm³/mol. The SMILES string of the molecule is Cc1n[nH]c(C)c1C(=O)NC1CCCCC1CO. The van der Waals surface area contributed by atoms with Crippen LogP contribution in [-0.4, -0.2) is 33.9 Å². The van der Waals surface area contributed by atoms with Gasteiger partial charge in [-0.25, -0.2) is 0 Å². The third kappa shape index (κ3) is 2.56. The highest BCUT2D eigenvalue weighted by Gasteiger charge is 2.27. The van der Waals surface area contributed by atoms with Gasteiger partial charge >= 0.3 is 0 Å². The Kier molecular flexibility index (Phi) is 4.01. The number of hydrogen-bond donors (Lipinski definition) is 3. The summed E-state index contributed by atoms with van der Waals surface area (Å²) in [5.41, 5.74) is 2.15. The Morgan fingerprint density at radius 3 is 2.78 bits per heavy atom. The number of aromatic nitrogens is 2. The molecule has 0 saturated heterocycles. The summed E-state index contributed by atoms with van der Waals surface area (Å²) in [4.78, 5) is 12.2. The molecule has 18 heavy (non-hydrogen) atoms. The molecule has 100 valence electrons. The molecule has 0 spiro atoms. The average molecular weight is 251 g/mol. The molecule has 0 aliphatic heterocycles. The molecule has 2 atom stereocenters. The molecule has 5 heteroatoms. The molecule has 1 saturated carbocycles. The van der Waals surface area contributed by atoms with Gasteiger partial charge in [0.2, 0.25) is 0 Å². The van der Waals surface area contributed by atoms with Gasteiger partial charge in [0, 0.05) is 24.3 Å². The molecule has 3 N–H and O–H groups in total. The van der Waals surface area contributed by atoms with Crippen LogP contribution in [0, 0.1) is 19.8 Å². The van der Waals surface area contributed by atoms with E-state index in [1.807, 2.05) is 13.8 Å². The average Bonchev–Trinajstić information content (AvgIpc) is 2.69. The van der Waals surface area contributed by atoms with Gasteiger partial charge in [-0.05, 0) is 26.7 Å². The van der Waals surface area contributed by atoms with Crippen molar-refractivity contribution in [2.24, 2.45) is 5.92 Å². The molecule has 0 bridgehead atoms. The zero-order valence-electron chi connectivity index (χ0n) is 11.0. The smallest absolute Gasteiger partial charge is 0.255 e. The lowest BCUT2D eigenvalue weighted by Gasteiger charge is -2.30. The second-order valence-corrected chi connectivity index (χ2v) is 5.12. The number of amides is 1. The quantitative estimate of drug-likeness (QED) is 0.758. The summed E-state index contributed by atoms with van der Waals surface area (Å²) in [6.45, 7) is 3.82. The Morgan fingerprint density at radius 2 is 2.17 bits per heavy atom. The largest absolute Gasteiger partial charge is 0.396 e. The van der Waals surface area contributed by atoms with Crippen LogP contribution in [0.2, 0.25) is 0 Å². The summed E-state index contributed by atoms with van der Waals surface area (Å²) >= 11 is 0. The van der Waals surface area contributed by atoms with E-state index in [-0.39, 0.29) is 24.5 Å². The summed E-state index contributed by atoms with van der Waals surface area (Å²) in [5, 5.41) is 19.2. The van der Waals surface area contributed by atoms with E-state index in [1.54, 1.807) is 0 Å². The molecule has 1 aliphatic carbocycles. The third-order valence-electron chi connectivity index (χ3n) is 3.82. The van der Waals surface area contributed by atoms with Crippen LogP contribution in [0.4, 0.5) is 0 Å². The van der Waals surface area contributed by atoms with Crippen molar-refractivity contribution < 1.29 is 9.90 Å². The molecule has 1 heterocycles. The van der Waals surface area contributed by atoms with Gasteiger partial charge in [-0.3, -0.25) is 9.89 Å². The van der Waals surface area contributed by atoms with E-state index >= 15 is 0 Å². The fourth-order valence-corrected chi connectivity index (χ4v) is 2.74. The van der Waals surface area contributed by atoms with Crippen molar-refractivity contribution in [1.82, 2.24) is 15.5 Å². The number of H-pyrrole nitrogens is 1. The fourth-order valence-electron chi connectivity index (χ4n) is 2.74. The Labute approximate surface area is 107 Å². The van der Waals surface area contributed by atoms with Gasteiger partial charge in [-0.15, -0.1) is 0 Å². The lowest BCUT2D eigenvalue weighted by molar-refractivity contribution is 0.0871. The van der Waals surface area contributed by atoms with Gasteiger partial charge in [0.05, 0.1) is 11.3 Å². The first-order chi connectivity index (χ1) is 8.63. The van der Waals surface area contributed by atoms with Gasteiger partial charge in [0.1, 0.15) is 0 Å². The topological polar surface area (TPSA) is 78.0 Å². The maximum absolute atomic E-state index is 12.2. The zero-order chi connectivity index (χ0) is 13.1. The number of aryl methyl sites for hydroxylation is 2. The second-order valence-electron chi connectivity index (χ2n) is 5.12. The molecule has 1 fully saturated rings. The number of hydrogen-bond acceptors (Lipinski definition) is 3. The lowest BCUT2D eigenvalue weighted by Crippen LogP contribution is -2.43. The fraction of sp³-hybridized carbons (Fsp3) is 0.692. The van der Waals surface area contributed by atoms with Crippen molar-refractivity contribution >= 4 is 5.91 Å². The van der Waals surface area contributed by atoms with Gasteiger partial charge in [-0.1, -0.05) is 12.8 Å². The van der Waals surface area contributed by atoms with Crippen LogP contribution < -0.4 is 5.32 Å². The molecule has 1 aromatic heterocycles.